The number of amides is 2. The van der Waals surface area contributed by atoms with E-state index in [-0.39, 0.29) is 16.9 Å². The highest BCUT2D eigenvalue weighted by molar-refractivity contribution is 6.07. The summed E-state index contributed by atoms with van der Waals surface area (Å²) in [6.07, 6.45) is -5.07. The van der Waals surface area contributed by atoms with Gasteiger partial charge in [0, 0.05) is 0 Å². The van der Waals surface area contributed by atoms with Gasteiger partial charge in [-0.05, 0) is 24.3 Å². The van der Waals surface area contributed by atoms with Gasteiger partial charge in [0.25, 0.3) is 5.91 Å². The van der Waals surface area contributed by atoms with Crippen molar-refractivity contribution >= 4 is 23.2 Å². The Balaban J connectivity index is 2.23. The minimum absolute atomic E-state index is 0.0849. The van der Waals surface area contributed by atoms with Gasteiger partial charge in [-0.25, -0.2) is 4.39 Å². The maximum Gasteiger partial charge on any atom is 0.471 e. The lowest BCUT2D eigenvalue weighted by Gasteiger charge is -2.13. The lowest BCUT2D eigenvalue weighted by Crippen LogP contribution is -2.30. The molecule has 0 bridgehead atoms. The van der Waals surface area contributed by atoms with Crippen LogP contribution in [0.3, 0.4) is 0 Å². The van der Waals surface area contributed by atoms with E-state index >= 15 is 0 Å². The quantitative estimate of drug-likeness (QED) is 0.847. The van der Waals surface area contributed by atoms with Crippen molar-refractivity contribution in [1.29, 1.82) is 0 Å². The number of carbonyl (C=O) groups is 2. The molecule has 0 aliphatic carbocycles. The van der Waals surface area contributed by atoms with E-state index in [1.807, 2.05) is 0 Å². The van der Waals surface area contributed by atoms with Crippen molar-refractivity contribution in [3.05, 3.63) is 59.9 Å². The van der Waals surface area contributed by atoms with E-state index < -0.39 is 23.8 Å². The molecule has 2 amide bonds. The number of benzene rings is 2. The molecule has 0 heterocycles. The van der Waals surface area contributed by atoms with Gasteiger partial charge in [0.2, 0.25) is 0 Å². The Labute approximate surface area is 128 Å². The predicted octanol–water partition coefficient (Wildman–Crippen LogP) is 3.58. The van der Waals surface area contributed by atoms with Crippen LogP contribution < -0.4 is 10.6 Å². The number of rotatable bonds is 3. The van der Waals surface area contributed by atoms with Crippen LogP contribution in [0, 0.1) is 5.82 Å². The summed E-state index contributed by atoms with van der Waals surface area (Å²) in [6, 6.07) is 10.4. The second-order valence-electron chi connectivity index (χ2n) is 4.43. The van der Waals surface area contributed by atoms with E-state index in [1.54, 1.807) is 5.32 Å². The SMILES string of the molecule is O=C(Nc1ccccc1NC(=O)C(F)(F)F)c1ccccc1F. The number of hydrogen-bond acceptors (Lipinski definition) is 2. The largest absolute Gasteiger partial charge is 0.471 e. The Morgan fingerprint density at radius 1 is 0.826 bits per heavy atom. The number of carbonyl (C=O) groups excluding carboxylic acids is 2. The van der Waals surface area contributed by atoms with Crippen LogP contribution in [-0.2, 0) is 4.79 Å². The van der Waals surface area contributed by atoms with Crippen molar-refractivity contribution in [3.8, 4) is 0 Å². The van der Waals surface area contributed by atoms with Gasteiger partial charge in [0.1, 0.15) is 5.82 Å². The summed E-state index contributed by atoms with van der Waals surface area (Å²) >= 11 is 0. The van der Waals surface area contributed by atoms with E-state index in [0.717, 1.165) is 6.07 Å². The number of hydrogen-bond donors (Lipinski definition) is 2. The molecule has 0 spiro atoms. The van der Waals surface area contributed by atoms with Crippen molar-refractivity contribution in [1.82, 2.24) is 0 Å². The lowest BCUT2D eigenvalue weighted by molar-refractivity contribution is -0.167. The number of anilines is 2. The van der Waals surface area contributed by atoms with Gasteiger partial charge in [-0.15, -0.1) is 0 Å². The average Bonchev–Trinajstić information content (AvgIpc) is 2.48. The average molecular weight is 326 g/mol. The Morgan fingerprint density at radius 3 is 1.91 bits per heavy atom. The topological polar surface area (TPSA) is 58.2 Å². The lowest BCUT2D eigenvalue weighted by atomic mass is 10.2. The minimum atomic E-state index is -5.07. The molecule has 2 N–H and O–H groups in total. The first-order valence-corrected chi connectivity index (χ1v) is 6.32. The van der Waals surface area contributed by atoms with Crippen LogP contribution in [0.25, 0.3) is 0 Å². The molecule has 2 aromatic carbocycles. The maximum absolute atomic E-state index is 13.5. The zero-order valence-corrected chi connectivity index (χ0v) is 11.4. The molecule has 0 atom stereocenters. The predicted molar refractivity (Wildman–Crippen MR) is 75.5 cm³/mol. The van der Waals surface area contributed by atoms with Gasteiger partial charge in [-0.3, -0.25) is 9.59 Å². The van der Waals surface area contributed by atoms with Crippen LogP contribution in [0.15, 0.2) is 48.5 Å². The summed E-state index contributed by atoms with van der Waals surface area (Å²) in [4.78, 5) is 23.0. The fraction of sp³-hybridized carbons (Fsp3) is 0.0667. The smallest absolute Gasteiger partial charge is 0.320 e. The highest BCUT2D eigenvalue weighted by atomic mass is 19.4. The van der Waals surface area contributed by atoms with Crippen molar-refractivity contribution in [3.63, 3.8) is 0 Å². The van der Waals surface area contributed by atoms with Crippen LogP contribution in [0.4, 0.5) is 28.9 Å². The molecule has 0 fully saturated rings. The van der Waals surface area contributed by atoms with Crippen molar-refractivity contribution in [2.75, 3.05) is 10.6 Å². The molecule has 2 rings (SSSR count). The highest BCUT2D eigenvalue weighted by Gasteiger charge is 2.39. The molecule has 120 valence electrons. The summed E-state index contributed by atoms with van der Waals surface area (Å²) in [5.74, 6) is -3.80. The summed E-state index contributed by atoms with van der Waals surface area (Å²) in [6.45, 7) is 0. The first-order chi connectivity index (χ1) is 10.8. The fourth-order valence-electron chi connectivity index (χ4n) is 1.73. The zero-order chi connectivity index (χ0) is 17.0. The number of halogens is 4. The van der Waals surface area contributed by atoms with E-state index in [9.17, 15) is 27.2 Å². The van der Waals surface area contributed by atoms with E-state index in [4.69, 9.17) is 0 Å². The van der Waals surface area contributed by atoms with E-state index in [0.29, 0.717) is 0 Å². The second kappa shape index (κ2) is 6.47. The van der Waals surface area contributed by atoms with Gasteiger partial charge in [-0.1, -0.05) is 24.3 Å². The van der Waals surface area contributed by atoms with Gasteiger partial charge in [0.05, 0.1) is 16.9 Å². The summed E-state index contributed by atoms with van der Waals surface area (Å²) < 4.78 is 50.4. The van der Waals surface area contributed by atoms with Gasteiger partial charge in [-0.2, -0.15) is 13.2 Å². The Morgan fingerprint density at radius 2 is 1.35 bits per heavy atom. The molecule has 0 unspecified atom stereocenters. The molecule has 0 saturated carbocycles. The molecule has 8 heteroatoms. The summed E-state index contributed by atoms with van der Waals surface area (Å²) in [5, 5.41) is 3.91. The first-order valence-electron chi connectivity index (χ1n) is 6.32. The van der Waals surface area contributed by atoms with Crippen molar-refractivity contribution in [2.24, 2.45) is 0 Å². The van der Waals surface area contributed by atoms with Gasteiger partial charge in [0.15, 0.2) is 0 Å². The molecule has 2 aromatic rings. The van der Waals surface area contributed by atoms with Crippen LogP contribution in [0.2, 0.25) is 0 Å². The van der Waals surface area contributed by atoms with Crippen molar-refractivity contribution in [2.45, 2.75) is 6.18 Å². The zero-order valence-electron chi connectivity index (χ0n) is 11.4. The second-order valence-corrected chi connectivity index (χ2v) is 4.43. The van der Waals surface area contributed by atoms with Gasteiger partial charge < -0.3 is 10.6 Å². The summed E-state index contributed by atoms with van der Waals surface area (Å²) in [7, 11) is 0. The highest BCUT2D eigenvalue weighted by Crippen LogP contribution is 2.25. The first kappa shape index (κ1) is 16.5. The molecule has 0 radical (unpaired) electrons. The third-order valence-corrected chi connectivity index (χ3v) is 2.80. The molecular weight excluding hydrogens is 316 g/mol. The fourth-order valence-corrected chi connectivity index (χ4v) is 1.73. The number of alkyl halides is 3. The standard InChI is InChI=1S/C15H10F4N2O2/c16-10-6-2-1-5-9(10)13(22)20-11-7-3-4-8-12(11)21-14(23)15(17,18)19/h1-8H,(H,20,22)(H,21,23). The van der Waals surface area contributed by atoms with Crippen LogP contribution in [0.1, 0.15) is 10.4 Å². The molecule has 0 aromatic heterocycles. The Hall–Kier alpha value is -2.90. The minimum Gasteiger partial charge on any atom is -0.320 e. The molecule has 0 saturated heterocycles. The van der Waals surface area contributed by atoms with Crippen LogP contribution >= 0.6 is 0 Å². The molecule has 4 nitrogen and oxygen atoms in total. The van der Waals surface area contributed by atoms with Crippen LogP contribution in [0.5, 0.6) is 0 Å². The Kier molecular flexibility index (Phi) is 4.63. The summed E-state index contributed by atoms with van der Waals surface area (Å²) in [5.41, 5.74) is -0.609. The molecule has 0 aliphatic heterocycles. The maximum atomic E-state index is 13.5. The third kappa shape index (κ3) is 4.06. The Bertz CT molecular complexity index is 744. The van der Waals surface area contributed by atoms with Gasteiger partial charge >= 0.3 is 12.1 Å². The normalized spacial score (nSPS) is 11.0. The monoisotopic (exact) mass is 326 g/mol. The molecular formula is C15H10F4N2O2. The molecule has 23 heavy (non-hydrogen) atoms. The third-order valence-electron chi connectivity index (χ3n) is 2.80. The van der Waals surface area contributed by atoms with Crippen molar-refractivity contribution < 1.29 is 27.2 Å². The van der Waals surface area contributed by atoms with E-state index in [2.05, 4.69) is 5.32 Å². The van der Waals surface area contributed by atoms with Crippen LogP contribution in [-0.4, -0.2) is 18.0 Å². The molecule has 0 aliphatic rings. The van der Waals surface area contributed by atoms with E-state index in [1.165, 1.54) is 42.5 Å². The number of para-hydroxylation sites is 2. The number of nitrogens with one attached hydrogen (secondary N) is 2.